The van der Waals surface area contributed by atoms with E-state index in [-0.39, 0.29) is 5.56 Å². The molecule has 1 fully saturated rings. The van der Waals surface area contributed by atoms with Gasteiger partial charge in [0.15, 0.2) is 0 Å². The largest absolute Gasteiger partial charge is 0.478 e. The van der Waals surface area contributed by atoms with Crippen molar-refractivity contribution in [1.82, 2.24) is 14.8 Å². The van der Waals surface area contributed by atoms with Crippen LogP contribution in [0.3, 0.4) is 0 Å². The minimum absolute atomic E-state index is 0.188. The van der Waals surface area contributed by atoms with Crippen molar-refractivity contribution in [2.24, 2.45) is 0 Å². The second-order valence-electron chi connectivity index (χ2n) is 4.86. The summed E-state index contributed by atoms with van der Waals surface area (Å²) in [5.41, 5.74) is 1.17. The zero-order valence-electron chi connectivity index (χ0n) is 11.5. The minimum atomic E-state index is -0.970. The number of rotatable bonds is 4. The first-order chi connectivity index (χ1) is 10.2. The average Bonchev–Trinajstić information content (AvgIpc) is 2.98. The highest BCUT2D eigenvalue weighted by Gasteiger charge is 2.12. The molecule has 0 bridgehead atoms. The SMILES string of the molecule is O=C(O)c1cnn(Cc2ccc(N3CCOCC3)nc2)c1. The topological polar surface area (TPSA) is 80.5 Å². The van der Waals surface area contributed by atoms with Gasteiger partial charge in [0.25, 0.3) is 0 Å². The molecule has 2 aromatic heterocycles. The monoisotopic (exact) mass is 288 g/mol. The molecule has 2 aromatic rings. The average molecular weight is 288 g/mol. The molecule has 3 heterocycles. The second kappa shape index (κ2) is 5.92. The lowest BCUT2D eigenvalue weighted by Gasteiger charge is -2.27. The number of morpholine rings is 1. The Kier molecular flexibility index (Phi) is 3.83. The third-order valence-electron chi connectivity index (χ3n) is 3.37. The molecule has 1 aliphatic heterocycles. The number of carboxylic acids is 1. The van der Waals surface area contributed by atoms with E-state index in [1.165, 1.54) is 12.4 Å². The fraction of sp³-hybridized carbons (Fsp3) is 0.357. The maximum absolute atomic E-state index is 10.8. The molecule has 1 saturated heterocycles. The van der Waals surface area contributed by atoms with Crippen LogP contribution in [0, 0.1) is 0 Å². The molecule has 7 nitrogen and oxygen atoms in total. The van der Waals surface area contributed by atoms with Crippen LogP contribution in [-0.4, -0.2) is 52.1 Å². The summed E-state index contributed by atoms with van der Waals surface area (Å²) in [7, 11) is 0. The Labute approximate surface area is 121 Å². The van der Waals surface area contributed by atoms with Crippen LogP contribution >= 0.6 is 0 Å². The third kappa shape index (κ3) is 3.19. The van der Waals surface area contributed by atoms with Crippen molar-refractivity contribution in [3.05, 3.63) is 41.9 Å². The normalized spacial score (nSPS) is 15.1. The van der Waals surface area contributed by atoms with Gasteiger partial charge in [0.05, 0.1) is 31.5 Å². The van der Waals surface area contributed by atoms with E-state index in [9.17, 15) is 4.79 Å². The number of anilines is 1. The Morgan fingerprint density at radius 3 is 2.71 bits per heavy atom. The Balaban J connectivity index is 1.67. The lowest BCUT2D eigenvalue weighted by Crippen LogP contribution is -2.36. The van der Waals surface area contributed by atoms with E-state index in [1.54, 1.807) is 10.9 Å². The van der Waals surface area contributed by atoms with Gasteiger partial charge in [-0.25, -0.2) is 9.78 Å². The highest BCUT2D eigenvalue weighted by atomic mass is 16.5. The first-order valence-electron chi connectivity index (χ1n) is 6.76. The van der Waals surface area contributed by atoms with Crippen LogP contribution in [0.4, 0.5) is 5.82 Å². The van der Waals surface area contributed by atoms with Gasteiger partial charge in [-0.3, -0.25) is 4.68 Å². The number of nitrogens with zero attached hydrogens (tertiary/aromatic N) is 4. The van der Waals surface area contributed by atoms with Crippen molar-refractivity contribution in [3.8, 4) is 0 Å². The van der Waals surface area contributed by atoms with Crippen molar-refractivity contribution < 1.29 is 14.6 Å². The van der Waals surface area contributed by atoms with Crippen LogP contribution in [0.5, 0.6) is 0 Å². The number of pyridine rings is 1. The molecule has 0 spiro atoms. The number of ether oxygens (including phenoxy) is 1. The Morgan fingerprint density at radius 1 is 1.29 bits per heavy atom. The summed E-state index contributed by atoms with van der Waals surface area (Å²) in [6, 6.07) is 3.96. The van der Waals surface area contributed by atoms with Crippen molar-refractivity contribution in [2.45, 2.75) is 6.54 Å². The molecule has 7 heteroatoms. The molecule has 0 saturated carbocycles. The van der Waals surface area contributed by atoms with E-state index in [0.29, 0.717) is 6.54 Å². The maximum atomic E-state index is 10.8. The predicted molar refractivity (Wildman–Crippen MR) is 75.6 cm³/mol. The number of hydrogen-bond acceptors (Lipinski definition) is 5. The molecule has 0 amide bonds. The van der Waals surface area contributed by atoms with E-state index in [2.05, 4.69) is 15.0 Å². The smallest absolute Gasteiger partial charge is 0.338 e. The second-order valence-corrected chi connectivity index (χ2v) is 4.86. The van der Waals surface area contributed by atoms with Crippen LogP contribution in [0.1, 0.15) is 15.9 Å². The summed E-state index contributed by atoms with van der Waals surface area (Å²) in [5, 5.41) is 12.9. The first-order valence-corrected chi connectivity index (χ1v) is 6.76. The molecule has 0 atom stereocenters. The molecule has 0 unspecified atom stereocenters. The van der Waals surface area contributed by atoms with Crippen LogP contribution < -0.4 is 4.90 Å². The van der Waals surface area contributed by atoms with Crippen molar-refractivity contribution in [3.63, 3.8) is 0 Å². The summed E-state index contributed by atoms with van der Waals surface area (Å²) in [4.78, 5) is 17.4. The van der Waals surface area contributed by atoms with Gasteiger partial charge >= 0.3 is 5.97 Å². The zero-order valence-corrected chi connectivity index (χ0v) is 11.5. The van der Waals surface area contributed by atoms with Crippen LogP contribution in [0.2, 0.25) is 0 Å². The van der Waals surface area contributed by atoms with Gasteiger partial charge in [-0.15, -0.1) is 0 Å². The quantitative estimate of drug-likeness (QED) is 0.899. The molecule has 0 radical (unpaired) electrons. The first kappa shape index (κ1) is 13.6. The van der Waals surface area contributed by atoms with Gasteiger partial charge in [-0.2, -0.15) is 5.10 Å². The molecule has 21 heavy (non-hydrogen) atoms. The lowest BCUT2D eigenvalue weighted by molar-refractivity contribution is 0.0696. The van der Waals surface area contributed by atoms with E-state index < -0.39 is 5.97 Å². The number of hydrogen-bond donors (Lipinski definition) is 1. The highest BCUT2D eigenvalue weighted by Crippen LogP contribution is 2.13. The molecule has 3 rings (SSSR count). The zero-order chi connectivity index (χ0) is 14.7. The van der Waals surface area contributed by atoms with Gasteiger partial charge in [0, 0.05) is 25.5 Å². The van der Waals surface area contributed by atoms with E-state index in [4.69, 9.17) is 9.84 Å². The lowest BCUT2D eigenvalue weighted by atomic mass is 10.2. The van der Waals surface area contributed by atoms with Gasteiger partial charge < -0.3 is 14.7 Å². The van der Waals surface area contributed by atoms with Gasteiger partial charge in [-0.05, 0) is 11.6 Å². The van der Waals surface area contributed by atoms with Crippen LogP contribution in [-0.2, 0) is 11.3 Å². The van der Waals surface area contributed by atoms with E-state index in [1.807, 2.05) is 12.1 Å². The molecule has 110 valence electrons. The standard InChI is InChI=1S/C14H16N4O3/c19-14(20)12-8-16-18(10-12)9-11-1-2-13(15-7-11)17-3-5-21-6-4-17/h1-2,7-8,10H,3-6,9H2,(H,19,20). The summed E-state index contributed by atoms with van der Waals surface area (Å²) in [6.07, 6.45) is 4.66. The Morgan fingerprint density at radius 2 is 2.10 bits per heavy atom. The summed E-state index contributed by atoms with van der Waals surface area (Å²) in [5.74, 6) is -0.0317. The molecule has 0 aromatic carbocycles. The fourth-order valence-electron chi connectivity index (χ4n) is 2.24. The Bertz CT molecular complexity index is 617. The van der Waals surface area contributed by atoms with Gasteiger partial charge in [-0.1, -0.05) is 6.07 Å². The van der Waals surface area contributed by atoms with Crippen molar-refractivity contribution >= 4 is 11.8 Å². The van der Waals surface area contributed by atoms with E-state index >= 15 is 0 Å². The maximum Gasteiger partial charge on any atom is 0.338 e. The molecule has 0 aliphatic carbocycles. The number of carbonyl (C=O) groups is 1. The molecular weight excluding hydrogens is 272 g/mol. The number of aromatic carboxylic acids is 1. The molecule has 1 aliphatic rings. The highest BCUT2D eigenvalue weighted by molar-refractivity contribution is 5.86. The summed E-state index contributed by atoms with van der Waals surface area (Å²) >= 11 is 0. The minimum Gasteiger partial charge on any atom is -0.478 e. The third-order valence-corrected chi connectivity index (χ3v) is 3.37. The van der Waals surface area contributed by atoms with Crippen molar-refractivity contribution in [2.75, 3.05) is 31.2 Å². The molecular formula is C14H16N4O3. The van der Waals surface area contributed by atoms with Crippen LogP contribution in [0.15, 0.2) is 30.7 Å². The number of aromatic nitrogens is 3. The Hall–Kier alpha value is -2.41. The fourth-order valence-corrected chi connectivity index (χ4v) is 2.24. The van der Waals surface area contributed by atoms with Gasteiger partial charge in [0.2, 0.25) is 0 Å². The summed E-state index contributed by atoms with van der Waals surface area (Å²) in [6.45, 7) is 3.67. The van der Waals surface area contributed by atoms with Gasteiger partial charge in [0.1, 0.15) is 5.82 Å². The number of carboxylic acid groups (broad SMARTS) is 1. The van der Waals surface area contributed by atoms with E-state index in [0.717, 1.165) is 37.7 Å². The van der Waals surface area contributed by atoms with Crippen molar-refractivity contribution in [1.29, 1.82) is 0 Å². The van der Waals surface area contributed by atoms with Crippen LogP contribution in [0.25, 0.3) is 0 Å². The predicted octanol–water partition coefficient (Wildman–Crippen LogP) is 0.861. The molecule has 1 N–H and O–H groups in total. The summed E-state index contributed by atoms with van der Waals surface area (Å²) < 4.78 is 6.91.